The minimum Gasteiger partial charge on any atom is -0.462 e. The van der Waals surface area contributed by atoms with Crippen molar-refractivity contribution in [2.24, 2.45) is 5.92 Å². The molecule has 0 spiro atoms. The zero-order valence-corrected chi connectivity index (χ0v) is 32.7. The first kappa shape index (κ1) is 39.7. The normalized spacial score (nSPS) is 26.6. The molecular weight excluding hydrogens is 594 g/mol. The average molecular weight is 664 g/mol. The van der Waals surface area contributed by atoms with Gasteiger partial charge in [0.1, 0.15) is 18.3 Å². The van der Waals surface area contributed by atoms with Gasteiger partial charge in [-0.05, 0) is 117 Å². The SMILES string of the molecule is CN1C(C)(C)CC(OC(=O)CCC(CCC(=O)OC2CC(C)(C)N(C)C(C)(C)C2)C(=O)OC2CC(C)(C)N(C)C(C)(C)C2)CC1(C)C. The first-order valence-electron chi connectivity index (χ1n) is 18.0. The van der Waals surface area contributed by atoms with Gasteiger partial charge in [-0.25, -0.2) is 0 Å². The lowest BCUT2D eigenvalue weighted by molar-refractivity contribution is -0.165. The van der Waals surface area contributed by atoms with Crippen LogP contribution in [0.1, 0.15) is 147 Å². The molecule has 3 heterocycles. The summed E-state index contributed by atoms with van der Waals surface area (Å²) in [5.74, 6) is -1.54. The Morgan fingerprint density at radius 2 is 0.723 bits per heavy atom. The van der Waals surface area contributed by atoms with E-state index in [1.165, 1.54) is 0 Å². The molecule has 0 bridgehead atoms. The Kier molecular flexibility index (Phi) is 11.7. The van der Waals surface area contributed by atoms with Crippen molar-refractivity contribution in [2.75, 3.05) is 21.1 Å². The van der Waals surface area contributed by atoms with E-state index in [2.05, 4.69) is 119 Å². The van der Waals surface area contributed by atoms with Gasteiger partial charge in [-0.2, -0.15) is 0 Å². The molecule has 0 aliphatic carbocycles. The lowest BCUT2D eigenvalue weighted by Gasteiger charge is -2.53. The molecule has 272 valence electrons. The summed E-state index contributed by atoms with van der Waals surface area (Å²) in [7, 11) is 6.37. The third-order valence-electron chi connectivity index (χ3n) is 12.4. The van der Waals surface area contributed by atoms with Gasteiger partial charge in [0.15, 0.2) is 0 Å². The highest BCUT2D eigenvalue weighted by Crippen LogP contribution is 2.41. The van der Waals surface area contributed by atoms with Gasteiger partial charge < -0.3 is 14.2 Å². The first-order chi connectivity index (χ1) is 21.2. The molecule has 47 heavy (non-hydrogen) atoms. The molecule has 0 atom stereocenters. The second kappa shape index (κ2) is 13.9. The van der Waals surface area contributed by atoms with Crippen molar-refractivity contribution in [1.82, 2.24) is 14.7 Å². The molecule has 0 unspecified atom stereocenters. The van der Waals surface area contributed by atoms with E-state index in [1.54, 1.807) is 0 Å². The van der Waals surface area contributed by atoms with Crippen molar-refractivity contribution < 1.29 is 28.6 Å². The summed E-state index contributed by atoms with van der Waals surface area (Å²) in [6.45, 7) is 26.1. The molecule has 0 aromatic carbocycles. The number of nitrogens with zero attached hydrogens (tertiary/aromatic N) is 3. The van der Waals surface area contributed by atoms with Crippen molar-refractivity contribution in [2.45, 2.75) is 199 Å². The third-order valence-corrected chi connectivity index (χ3v) is 12.4. The van der Waals surface area contributed by atoms with Gasteiger partial charge in [0.25, 0.3) is 0 Å². The number of carbonyl (C=O) groups excluding carboxylic acids is 3. The Morgan fingerprint density at radius 1 is 0.489 bits per heavy atom. The Labute approximate surface area is 286 Å². The Hall–Kier alpha value is -1.71. The summed E-state index contributed by atoms with van der Waals surface area (Å²) in [6, 6.07) is 0. The summed E-state index contributed by atoms with van der Waals surface area (Å²) in [4.78, 5) is 47.2. The van der Waals surface area contributed by atoms with Gasteiger partial charge in [-0.1, -0.05) is 0 Å². The first-order valence-corrected chi connectivity index (χ1v) is 18.0. The number of carbonyl (C=O) groups is 3. The molecule has 3 fully saturated rings. The topological polar surface area (TPSA) is 88.6 Å². The second-order valence-corrected chi connectivity index (χ2v) is 18.8. The van der Waals surface area contributed by atoms with Crippen LogP contribution in [0, 0.1) is 5.92 Å². The zero-order valence-electron chi connectivity index (χ0n) is 32.7. The Bertz CT molecular complexity index is 1030. The summed E-state index contributed by atoms with van der Waals surface area (Å²) in [5.41, 5.74) is -0.692. The van der Waals surface area contributed by atoms with Crippen LogP contribution in [-0.2, 0) is 28.6 Å². The maximum Gasteiger partial charge on any atom is 0.309 e. The molecule has 9 heteroatoms. The predicted molar refractivity (Wildman–Crippen MR) is 187 cm³/mol. The van der Waals surface area contributed by atoms with Crippen LogP contribution in [0.5, 0.6) is 0 Å². The molecule has 3 rings (SSSR count). The fourth-order valence-electron chi connectivity index (χ4n) is 8.80. The predicted octanol–water partition coefficient (Wildman–Crippen LogP) is 6.75. The molecule has 0 aromatic rings. The van der Waals surface area contributed by atoms with Crippen LogP contribution in [0.2, 0.25) is 0 Å². The minimum absolute atomic E-state index is 0.101. The Balaban J connectivity index is 1.67. The molecule has 3 saturated heterocycles. The molecule has 0 radical (unpaired) electrons. The van der Waals surface area contributed by atoms with Gasteiger partial charge in [-0.15, -0.1) is 0 Å². The lowest BCUT2D eigenvalue weighted by Crippen LogP contribution is -2.60. The van der Waals surface area contributed by atoms with Crippen molar-refractivity contribution in [1.29, 1.82) is 0 Å². The lowest BCUT2D eigenvalue weighted by atomic mass is 9.78. The monoisotopic (exact) mass is 664 g/mol. The maximum absolute atomic E-state index is 13.8. The number of likely N-dealkylation sites (tertiary alicyclic amines) is 3. The highest BCUT2D eigenvalue weighted by molar-refractivity contribution is 5.76. The van der Waals surface area contributed by atoms with Crippen LogP contribution in [0.15, 0.2) is 0 Å². The van der Waals surface area contributed by atoms with Crippen LogP contribution in [0.4, 0.5) is 0 Å². The summed E-state index contributed by atoms with van der Waals surface area (Å²) in [6.07, 6.45) is 4.60. The van der Waals surface area contributed by atoms with E-state index in [0.717, 1.165) is 38.5 Å². The molecular formula is C38H69N3O6. The molecule has 0 amide bonds. The quantitative estimate of drug-likeness (QED) is 0.186. The molecule has 0 saturated carbocycles. The largest absolute Gasteiger partial charge is 0.462 e. The van der Waals surface area contributed by atoms with Crippen LogP contribution in [0.3, 0.4) is 0 Å². The van der Waals surface area contributed by atoms with Crippen molar-refractivity contribution in [3.05, 3.63) is 0 Å². The minimum atomic E-state index is -0.600. The highest BCUT2D eigenvalue weighted by Gasteiger charge is 2.47. The van der Waals surface area contributed by atoms with E-state index in [1.807, 2.05) is 0 Å². The number of ether oxygens (including phenoxy) is 3. The molecule has 0 aromatic heterocycles. The molecule has 3 aliphatic heterocycles. The van der Waals surface area contributed by atoms with Crippen molar-refractivity contribution >= 4 is 17.9 Å². The van der Waals surface area contributed by atoms with E-state index in [4.69, 9.17) is 14.2 Å². The molecule has 9 nitrogen and oxygen atoms in total. The Morgan fingerprint density at radius 3 is 0.979 bits per heavy atom. The van der Waals surface area contributed by atoms with Gasteiger partial charge >= 0.3 is 17.9 Å². The zero-order chi connectivity index (χ0) is 36.0. The van der Waals surface area contributed by atoms with Gasteiger partial charge in [-0.3, -0.25) is 29.1 Å². The van der Waals surface area contributed by atoms with E-state index in [-0.39, 0.29) is 95.1 Å². The van der Waals surface area contributed by atoms with E-state index < -0.39 is 5.92 Å². The number of rotatable bonds is 10. The summed E-state index contributed by atoms with van der Waals surface area (Å²) >= 11 is 0. The average Bonchev–Trinajstić information content (AvgIpc) is 2.87. The van der Waals surface area contributed by atoms with Crippen LogP contribution in [0.25, 0.3) is 0 Å². The van der Waals surface area contributed by atoms with E-state index in [9.17, 15) is 14.4 Å². The highest BCUT2D eigenvalue weighted by atomic mass is 16.6. The summed E-state index contributed by atoms with van der Waals surface area (Å²) in [5, 5.41) is 0. The molecule has 3 aliphatic rings. The number of hydrogen-bond acceptors (Lipinski definition) is 9. The van der Waals surface area contributed by atoms with Gasteiger partial charge in [0.2, 0.25) is 0 Å². The van der Waals surface area contributed by atoms with Crippen molar-refractivity contribution in [3.63, 3.8) is 0 Å². The van der Waals surface area contributed by atoms with Crippen molar-refractivity contribution in [3.8, 4) is 0 Å². The van der Waals surface area contributed by atoms with E-state index in [0.29, 0.717) is 0 Å². The number of esters is 3. The summed E-state index contributed by atoms with van der Waals surface area (Å²) < 4.78 is 18.2. The van der Waals surface area contributed by atoms with E-state index >= 15 is 0 Å². The number of piperidine rings is 3. The van der Waals surface area contributed by atoms with Crippen LogP contribution < -0.4 is 0 Å². The second-order valence-electron chi connectivity index (χ2n) is 18.8. The van der Waals surface area contributed by atoms with Gasteiger partial charge in [0.05, 0.1) is 5.92 Å². The standard InChI is InChI=1S/C38H69N3O6/c1-33(2)20-27(21-34(3,4)39(33)13)45-30(42)18-16-26(32(44)47-29-24-37(9,10)41(15)38(11,12)25-29)17-19-31(43)46-28-22-35(5,6)40(14)36(7,8)23-28/h26-29H,16-25H2,1-15H3. The molecule has 0 N–H and O–H groups in total. The maximum atomic E-state index is 13.8. The number of hydrogen-bond donors (Lipinski definition) is 0. The third kappa shape index (κ3) is 9.72. The fraction of sp³-hybridized carbons (Fsp3) is 0.921. The smallest absolute Gasteiger partial charge is 0.309 e. The van der Waals surface area contributed by atoms with Crippen LogP contribution in [-0.4, -0.2) is 105 Å². The van der Waals surface area contributed by atoms with Gasteiger partial charge in [0, 0.05) is 84.6 Å². The van der Waals surface area contributed by atoms with Crippen LogP contribution >= 0.6 is 0 Å². The fourth-order valence-corrected chi connectivity index (χ4v) is 8.80.